The molecule has 1 atom stereocenters. The van der Waals surface area contributed by atoms with Crippen LogP contribution < -0.4 is 10.1 Å². The molecule has 1 aliphatic rings. The lowest BCUT2D eigenvalue weighted by atomic mass is 9.88. The Hall–Kier alpha value is -2.87. The maximum absolute atomic E-state index is 12.4. The molecule has 0 aliphatic heterocycles. The number of methoxy groups -OCH3 is 2. The van der Waals surface area contributed by atoms with Crippen molar-refractivity contribution in [1.82, 2.24) is 0 Å². The molecular weight excluding hydrogens is 394 g/mol. The fraction of sp³-hybridized carbons (Fsp3) is 0.381. The van der Waals surface area contributed by atoms with E-state index in [1.54, 1.807) is 18.2 Å². The molecule has 1 N–H and O–H groups in total. The smallest absolute Gasteiger partial charge is 0.341 e. The number of anilines is 1. The molecule has 0 saturated carbocycles. The molecule has 1 aliphatic carbocycles. The first-order valence-corrected chi connectivity index (χ1v) is 10.1. The second-order valence-corrected chi connectivity index (χ2v) is 8.01. The summed E-state index contributed by atoms with van der Waals surface area (Å²) in [7, 11) is 2.82. The van der Waals surface area contributed by atoms with Gasteiger partial charge in [0.1, 0.15) is 10.8 Å². The minimum Gasteiger partial charge on any atom is -0.497 e. The first-order chi connectivity index (χ1) is 13.9. The van der Waals surface area contributed by atoms with Gasteiger partial charge in [0, 0.05) is 4.88 Å². The second-order valence-electron chi connectivity index (χ2n) is 6.90. The van der Waals surface area contributed by atoms with E-state index in [0.717, 1.165) is 29.7 Å². The molecule has 0 spiro atoms. The van der Waals surface area contributed by atoms with Crippen LogP contribution in [0, 0.1) is 5.92 Å². The van der Waals surface area contributed by atoms with E-state index in [2.05, 4.69) is 12.2 Å². The number of fused-ring (bicyclic) bond motifs is 1. The van der Waals surface area contributed by atoms with Crippen molar-refractivity contribution in [2.45, 2.75) is 26.2 Å². The zero-order valence-corrected chi connectivity index (χ0v) is 17.4. The highest BCUT2D eigenvalue weighted by atomic mass is 32.1. The first kappa shape index (κ1) is 20.9. The van der Waals surface area contributed by atoms with E-state index in [0.29, 0.717) is 22.2 Å². The van der Waals surface area contributed by atoms with Crippen LogP contribution in [0.5, 0.6) is 5.75 Å². The van der Waals surface area contributed by atoms with E-state index in [4.69, 9.17) is 14.2 Å². The molecule has 3 rings (SSSR count). The highest BCUT2D eigenvalue weighted by Gasteiger charge is 2.29. The Balaban J connectivity index is 1.69. The van der Waals surface area contributed by atoms with Crippen molar-refractivity contribution in [2.24, 2.45) is 5.92 Å². The average molecular weight is 417 g/mol. The van der Waals surface area contributed by atoms with E-state index in [1.807, 2.05) is 0 Å². The van der Waals surface area contributed by atoms with Gasteiger partial charge in [0.2, 0.25) is 0 Å². The molecule has 0 bridgehead atoms. The summed E-state index contributed by atoms with van der Waals surface area (Å²) < 4.78 is 15.1. The number of ether oxygens (including phenoxy) is 3. The van der Waals surface area contributed by atoms with Gasteiger partial charge < -0.3 is 19.5 Å². The van der Waals surface area contributed by atoms with Crippen LogP contribution in [0.25, 0.3) is 0 Å². The Morgan fingerprint density at radius 2 is 2.00 bits per heavy atom. The van der Waals surface area contributed by atoms with Crippen LogP contribution in [-0.2, 0) is 27.1 Å². The second kappa shape index (κ2) is 9.09. The standard InChI is InChI=1S/C21H23NO6S/c1-12-7-8-15-16(9-12)29-19(18(15)21(25)27-3)22-17(23)11-28-20(24)13-5-4-6-14(10-13)26-2/h4-6,10,12H,7-9,11H2,1-3H3,(H,22,23)/t12-/m1/s1. The Kier molecular flexibility index (Phi) is 6.53. The topological polar surface area (TPSA) is 90.9 Å². The van der Waals surface area contributed by atoms with Crippen molar-refractivity contribution in [2.75, 3.05) is 26.1 Å². The Morgan fingerprint density at radius 1 is 1.21 bits per heavy atom. The third-order valence-electron chi connectivity index (χ3n) is 4.79. The summed E-state index contributed by atoms with van der Waals surface area (Å²) in [6.07, 6.45) is 2.63. The number of hydrogen-bond acceptors (Lipinski definition) is 7. The number of nitrogens with one attached hydrogen (secondary N) is 1. The molecule has 1 aromatic carbocycles. The zero-order chi connectivity index (χ0) is 21.0. The van der Waals surface area contributed by atoms with E-state index < -0.39 is 24.5 Å². The number of rotatable bonds is 6. The van der Waals surface area contributed by atoms with E-state index in [9.17, 15) is 14.4 Å². The predicted molar refractivity (Wildman–Crippen MR) is 109 cm³/mol. The van der Waals surface area contributed by atoms with Crippen molar-refractivity contribution in [3.05, 3.63) is 45.8 Å². The molecule has 1 heterocycles. The van der Waals surface area contributed by atoms with Gasteiger partial charge in [-0.1, -0.05) is 13.0 Å². The zero-order valence-electron chi connectivity index (χ0n) is 16.6. The van der Waals surface area contributed by atoms with E-state index >= 15 is 0 Å². The van der Waals surface area contributed by atoms with Crippen LogP contribution in [0.1, 0.15) is 44.5 Å². The van der Waals surface area contributed by atoms with Gasteiger partial charge in [0.15, 0.2) is 6.61 Å². The lowest BCUT2D eigenvalue weighted by molar-refractivity contribution is -0.119. The Morgan fingerprint density at radius 3 is 2.72 bits per heavy atom. The maximum Gasteiger partial charge on any atom is 0.341 e. The molecule has 0 saturated heterocycles. The lowest BCUT2D eigenvalue weighted by Gasteiger charge is -2.18. The van der Waals surface area contributed by atoms with E-state index in [-0.39, 0.29) is 5.56 Å². The minimum atomic E-state index is -0.633. The molecule has 8 heteroatoms. The van der Waals surface area contributed by atoms with Crippen LogP contribution in [0.3, 0.4) is 0 Å². The molecule has 1 amide bonds. The van der Waals surface area contributed by atoms with Crippen LogP contribution in [0.15, 0.2) is 24.3 Å². The van der Waals surface area contributed by atoms with Gasteiger partial charge in [0.05, 0.1) is 25.3 Å². The number of amides is 1. The first-order valence-electron chi connectivity index (χ1n) is 9.26. The predicted octanol–water partition coefficient (Wildman–Crippen LogP) is 3.46. The molecule has 0 unspecified atom stereocenters. The molecule has 1 aromatic heterocycles. The van der Waals surface area contributed by atoms with Crippen molar-refractivity contribution in [3.63, 3.8) is 0 Å². The minimum absolute atomic E-state index is 0.285. The summed E-state index contributed by atoms with van der Waals surface area (Å²) in [6.45, 7) is 1.70. The summed E-state index contributed by atoms with van der Waals surface area (Å²) in [5, 5.41) is 3.15. The third kappa shape index (κ3) is 4.76. The Labute approximate surface area is 173 Å². The SMILES string of the molecule is COC(=O)c1c(NC(=O)COC(=O)c2cccc(OC)c2)sc2c1CC[C@@H](C)C2. The van der Waals surface area contributed by atoms with Crippen LogP contribution in [-0.4, -0.2) is 38.7 Å². The number of carbonyl (C=O) groups is 3. The van der Waals surface area contributed by atoms with Gasteiger partial charge >= 0.3 is 11.9 Å². The Bertz CT molecular complexity index is 935. The molecular formula is C21H23NO6S. The summed E-state index contributed by atoms with van der Waals surface area (Å²) >= 11 is 1.38. The van der Waals surface area contributed by atoms with Crippen LogP contribution >= 0.6 is 11.3 Å². The summed E-state index contributed by atoms with van der Waals surface area (Å²) in [5.74, 6) is -0.575. The molecule has 29 heavy (non-hydrogen) atoms. The molecule has 7 nitrogen and oxygen atoms in total. The quantitative estimate of drug-likeness (QED) is 0.724. The normalized spacial score (nSPS) is 15.2. The van der Waals surface area contributed by atoms with Gasteiger partial charge in [-0.25, -0.2) is 9.59 Å². The van der Waals surface area contributed by atoms with Crippen molar-refractivity contribution in [3.8, 4) is 5.75 Å². The van der Waals surface area contributed by atoms with E-state index in [1.165, 1.54) is 31.6 Å². The molecule has 2 aromatic rings. The summed E-state index contributed by atoms with van der Waals surface area (Å²) in [5.41, 5.74) is 1.64. The fourth-order valence-electron chi connectivity index (χ4n) is 3.28. The number of carbonyl (C=O) groups excluding carboxylic acids is 3. The van der Waals surface area contributed by atoms with Gasteiger partial charge in [-0.3, -0.25) is 4.79 Å². The van der Waals surface area contributed by atoms with Crippen LogP contribution in [0.2, 0.25) is 0 Å². The van der Waals surface area contributed by atoms with Crippen molar-refractivity contribution < 1.29 is 28.6 Å². The highest BCUT2D eigenvalue weighted by Crippen LogP contribution is 2.40. The molecule has 0 fully saturated rings. The van der Waals surface area contributed by atoms with Gasteiger partial charge in [0.25, 0.3) is 5.91 Å². The number of benzene rings is 1. The largest absolute Gasteiger partial charge is 0.497 e. The summed E-state index contributed by atoms with van der Waals surface area (Å²) in [6, 6.07) is 6.48. The maximum atomic E-state index is 12.4. The summed E-state index contributed by atoms with van der Waals surface area (Å²) in [4.78, 5) is 37.9. The highest BCUT2D eigenvalue weighted by molar-refractivity contribution is 7.17. The molecule has 154 valence electrons. The lowest BCUT2D eigenvalue weighted by Crippen LogP contribution is -2.22. The van der Waals surface area contributed by atoms with Gasteiger partial charge in [-0.2, -0.15) is 0 Å². The number of thiophene rings is 1. The van der Waals surface area contributed by atoms with Gasteiger partial charge in [-0.05, 0) is 48.9 Å². The van der Waals surface area contributed by atoms with Gasteiger partial charge in [-0.15, -0.1) is 11.3 Å². The number of hydrogen-bond donors (Lipinski definition) is 1. The van der Waals surface area contributed by atoms with Crippen molar-refractivity contribution in [1.29, 1.82) is 0 Å². The van der Waals surface area contributed by atoms with Crippen LogP contribution in [0.4, 0.5) is 5.00 Å². The third-order valence-corrected chi connectivity index (χ3v) is 5.96. The van der Waals surface area contributed by atoms with Crippen molar-refractivity contribution >= 4 is 34.2 Å². The average Bonchev–Trinajstić information content (AvgIpc) is 3.08. The molecule has 0 radical (unpaired) electrons. The fourth-order valence-corrected chi connectivity index (χ4v) is 4.70. The number of esters is 2. The monoisotopic (exact) mass is 417 g/mol.